The number of anilines is 1. The van der Waals surface area contributed by atoms with Gasteiger partial charge in [0.05, 0.1) is 0 Å². The quantitative estimate of drug-likeness (QED) is 0.510. The van der Waals surface area contributed by atoms with Crippen molar-refractivity contribution in [2.24, 2.45) is 0 Å². The molecule has 1 N–H and O–H groups in total. The third-order valence-electron chi connectivity index (χ3n) is 4.08. The minimum Gasteiger partial charge on any atom is -0.449 e. The molecule has 0 radical (unpaired) electrons. The first-order chi connectivity index (χ1) is 13.4. The van der Waals surface area contributed by atoms with Gasteiger partial charge >= 0.3 is 5.97 Å². The van der Waals surface area contributed by atoms with E-state index >= 15 is 0 Å². The van der Waals surface area contributed by atoms with Crippen molar-refractivity contribution < 1.29 is 23.5 Å². The van der Waals surface area contributed by atoms with Gasteiger partial charge in [0.2, 0.25) is 5.76 Å². The van der Waals surface area contributed by atoms with Crippen LogP contribution in [-0.4, -0.2) is 23.8 Å². The third kappa shape index (κ3) is 4.54. The molecular weight excluding hydrogens is 358 g/mol. The summed E-state index contributed by atoms with van der Waals surface area (Å²) < 4.78 is 10.7. The zero-order valence-corrected chi connectivity index (χ0v) is 15.5. The number of hydrogen-bond acceptors (Lipinski definition) is 5. The second-order valence-corrected chi connectivity index (χ2v) is 6.20. The molecule has 3 rings (SSSR count). The minimum absolute atomic E-state index is 0.00925. The molecule has 6 heteroatoms. The molecular formula is C22H19NO5. The summed E-state index contributed by atoms with van der Waals surface area (Å²) in [5.74, 6) is -0.750. The number of amides is 1. The maximum Gasteiger partial charge on any atom is 0.375 e. The lowest BCUT2D eigenvalue weighted by Crippen LogP contribution is -2.29. The summed E-state index contributed by atoms with van der Waals surface area (Å²) >= 11 is 0. The fraction of sp³-hybridized carbons (Fsp3) is 0.136. The molecule has 0 aliphatic rings. The summed E-state index contributed by atoms with van der Waals surface area (Å²) in [5.41, 5.74) is 1.93. The van der Waals surface area contributed by atoms with E-state index in [0.29, 0.717) is 17.0 Å². The van der Waals surface area contributed by atoms with E-state index in [1.54, 1.807) is 54.6 Å². The Bertz CT molecular complexity index is 989. The topological polar surface area (TPSA) is 85.6 Å². The number of hydrogen-bond donors (Lipinski definition) is 1. The summed E-state index contributed by atoms with van der Waals surface area (Å²) in [6.45, 7) is 2.98. The van der Waals surface area contributed by atoms with Crippen molar-refractivity contribution in [2.45, 2.75) is 20.0 Å². The Kier molecular flexibility index (Phi) is 5.69. The van der Waals surface area contributed by atoms with E-state index < -0.39 is 18.0 Å². The Morgan fingerprint density at radius 3 is 2.25 bits per heavy atom. The van der Waals surface area contributed by atoms with E-state index in [0.717, 1.165) is 5.56 Å². The summed E-state index contributed by atoms with van der Waals surface area (Å²) in [7, 11) is 0. The molecule has 1 aromatic heterocycles. The number of para-hydroxylation sites is 1. The van der Waals surface area contributed by atoms with Gasteiger partial charge in [-0.25, -0.2) is 4.79 Å². The summed E-state index contributed by atoms with van der Waals surface area (Å²) in [6, 6.07) is 18.9. The second kappa shape index (κ2) is 8.35. The third-order valence-corrected chi connectivity index (χ3v) is 4.08. The predicted octanol–water partition coefficient (Wildman–Crippen LogP) is 4.33. The first-order valence-electron chi connectivity index (χ1n) is 8.72. The van der Waals surface area contributed by atoms with Gasteiger partial charge in [-0.15, -0.1) is 0 Å². The SMILES string of the molecule is CC(=O)c1ccc(-c2ccc(C(=O)O[C@H](C)C(=O)Nc3ccccc3)o2)cc1. The highest BCUT2D eigenvalue weighted by molar-refractivity contribution is 5.97. The highest BCUT2D eigenvalue weighted by Crippen LogP contribution is 2.23. The van der Waals surface area contributed by atoms with E-state index in [4.69, 9.17) is 9.15 Å². The highest BCUT2D eigenvalue weighted by Gasteiger charge is 2.21. The lowest BCUT2D eigenvalue weighted by molar-refractivity contribution is -0.123. The summed E-state index contributed by atoms with van der Waals surface area (Å²) in [6.07, 6.45) is -0.990. The van der Waals surface area contributed by atoms with Gasteiger partial charge in [-0.1, -0.05) is 42.5 Å². The molecule has 0 spiro atoms. The van der Waals surface area contributed by atoms with Crippen LogP contribution < -0.4 is 5.32 Å². The first kappa shape index (κ1) is 19.1. The van der Waals surface area contributed by atoms with E-state index in [2.05, 4.69) is 5.32 Å². The predicted molar refractivity (Wildman–Crippen MR) is 104 cm³/mol. The van der Waals surface area contributed by atoms with Crippen LogP contribution in [0.1, 0.15) is 34.8 Å². The van der Waals surface area contributed by atoms with Gasteiger partial charge in [0.15, 0.2) is 11.9 Å². The maximum absolute atomic E-state index is 12.3. The Morgan fingerprint density at radius 1 is 0.929 bits per heavy atom. The highest BCUT2D eigenvalue weighted by atomic mass is 16.6. The van der Waals surface area contributed by atoms with Crippen molar-refractivity contribution >= 4 is 23.3 Å². The molecule has 3 aromatic rings. The molecule has 2 aromatic carbocycles. The number of furan rings is 1. The Hall–Kier alpha value is -3.67. The minimum atomic E-state index is -0.990. The first-order valence-corrected chi connectivity index (χ1v) is 8.72. The number of rotatable bonds is 6. The molecule has 1 amide bonds. The Morgan fingerprint density at radius 2 is 1.61 bits per heavy atom. The molecule has 0 unspecified atom stereocenters. The van der Waals surface area contributed by atoms with Gasteiger partial charge in [-0.2, -0.15) is 0 Å². The van der Waals surface area contributed by atoms with Gasteiger partial charge in [0.1, 0.15) is 5.76 Å². The van der Waals surface area contributed by atoms with Crippen molar-refractivity contribution in [3.63, 3.8) is 0 Å². The standard InChI is InChI=1S/C22H19NO5/c1-14(24)16-8-10-17(11-9-16)19-12-13-20(28-19)22(26)27-15(2)21(25)23-18-6-4-3-5-7-18/h3-13,15H,1-2H3,(H,23,25)/t15-/m1/s1. The van der Waals surface area contributed by atoms with Crippen LogP contribution in [0, 0.1) is 0 Å². The van der Waals surface area contributed by atoms with Crippen molar-refractivity contribution in [1.82, 2.24) is 0 Å². The number of benzene rings is 2. The molecule has 0 aliphatic carbocycles. The Balaban J connectivity index is 1.63. The number of carbonyl (C=O) groups excluding carboxylic acids is 3. The van der Waals surface area contributed by atoms with Crippen LogP contribution in [0.4, 0.5) is 5.69 Å². The number of nitrogens with one attached hydrogen (secondary N) is 1. The molecule has 0 aliphatic heterocycles. The van der Waals surface area contributed by atoms with E-state index in [9.17, 15) is 14.4 Å². The summed E-state index contributed by atoms with van der Waals surface area (Å²) in [5, 5.41) is 2.67. The maximum atomic E-state index is 12.3. The zero-order valence-electron chi connectivity index (χ0n) is 15.5. The van der Waals surface area contributed by atoms with Crippen molar-refractivity contribution in [2.75, 3.05) is 5.32 Å². The normalized spacial score (nSPS) is 11.5. The number of carbonyl (C=O) groups is 3. The second-order valence-electron chi connectivity index (χ2n) is 6.20. The van der Waals surface area contributed by atoms with E-state index in [1.165, 1.54) is 19.9 Å². The average molecular weight is 377 g/mol. The molecule has 1 heterocycles. The smallest absolute Gasteiger partial charge is 0.375 e. The van der Waals surface area contributed by atoms with Crippen molar-refractivity contribution in [1.29, 1.82) is 0 Å². The number of ether oxygens (including phenoxy) is 1. The lowest BCUT2D eigenvalue weighted by atomic mass is 10.1. The van der Waals surface area contributed by atoms with Crippen LogP contribution >= 0.6 is 0 Å². The monoisotopic (exact) mass is 377 g/mol. The molecule has 0 saturated heterocycles. The van der Waals surface area contributed by atoms with Crippen LogP contribution in [0.25, 0.3) is 11.3 Å². The van der Waals surface area contributed by atoms with Crippen molar-refractivity contribution in [3.8, 4) is 11.3 Å². The Labute approximate surface area is 162 Å². The number of ketones is 1. The van der Waals surface area contributed by atoms with Crippen LogP contribution in [0.15, 0.2) is 71.1 Å². The van der Waals surface area contributed by atoms with E-state index in [1.807, 2.05) is 6.07 Å². The summed E-state index contributed by atoms with van der Waals surface area (Å²) in [4.78, 5) is 35.7. The van der Waals surface area contributed by atoms with Gasteiger partial charge in [0.25, 0.3) is 5.91 Å². The van der Waals surface area contributed by atoms with Crippen molar-refractivity contribution in [3.05, 3.63) is 78.1 Å². The molecule has 142 valence electrons. The average Bonchev–Trinajstić information content (AvgIpc) is 3.19. The lowest BCUT2D eigenvalue weighted by Gasteiger charge is -2.12. The number of Topliss-reactive ketones (excluding diaryl/α,β-unsaturated/α-hetero) is 1. The van der Waals surface area contributed by atoms with Crippen LogP contribution in [-0.2, 0) is 9.53 Å². The van der Waals surface area contributed by atoms with Gasteiger partial charge < -0.3 is 14.5 Å². The molecule has 0 fully saturated rings. The molecule has 28 heavy (non-hydrogen) atoms. The molecule has 0 saturated carbocycles. The molecule has 0 bridgehead atoms. The largest absolute Gasteiger partial charge is 0.449 e. The zero-order chi connectivity index (χ0) is 20.1. The number of esters is 1. The molecule has 1 atom stereocenters. The van der Waals surface area contributed by atoms with Gasteiger partial charge in [0, 0.05) is 16.8 Å². The van der Waals surface area contributed by atoms with Crippen LogP contribution in [0.3, 0.4) is 0 Å². The van der Waals surface area contributed by atoms with Gasteiger partial charge in [-0.3, -0.25) is 9.59 Å². The van der Waals surface area contributed by atoms with E-state index in [-0.39, 0.29) is 11.5 Å². The van der Waals surface area contributed by atoms with Crippen LogP contribution in [0.5, 0.6) is 0 Å². The fourth-order valence-corrected chi connectivity index (χ4v) is 2.51. The van der Waals surface area contributed by atoms with Crippen LogP contribution in [0.2, 0.25) is 0 Å². The van der Waals surface area contributed by atoms with Gasteiger partial charge in [-0.05, 0) is 38.1 Å². The molecule has 6 nitrogen and oxygen atoms in total. The fourth-order valence-electron chi connectivity index (χ4n) is 2.51.